The van der Waals surface area contributed by atoms with E-state index in [1.807, 2.05) is 0 Å². The number of nitrogens with one attached hydrogen (secondary N) is 1. The van der Waals surface area contributed by atoms with Crippen LogP contribution in [0.1, 0.15) is 25.7 Å². The van der Waals surface area contributed by atoms with Gasteiger partial charge in [0, 0.05) is 25.0 Å². The van der Waals surface area contributed by atoms with Gasteiger partial charge in [0.05, 0.1) is 13.1 Å². The summed E-state index contributed by atoms with van der Waals surface area (Å²) in [4.78, 5) is 45.3. The minimum atomic E-state index is -3.20. The van der Waals surface area contributed by atoms with Gasteiger partial charge >= 0.3 is 17.9 Å². The molecule has 1 atom stereocenters. The molecule has 0 radical (unpaired) electrons. The van der Waals surface area contributed by atoms with Gasteiger partial charge in [-0.3, -0.25) is 24.1 Å². The van der Waals surface area contributed by atoms with Gasteiger partial charge in [0.15, 0.2) is 8.87 Å². The zero-order valence-electron chi connectivity index (χ0n) is 14.8. The van der Waals surface area contributed by atoms with Crippen molar-refractivity contribution >= 4 is 43.5 Å². The molecule has 0 spiro atoms. The van der Waals surface area contributed by atoms with E-state index in [0.29, 0.717) is 23.6 Å². The van der Waals surface area contributed by atoms with Crippen molar-refractivity contribution in [3.8, 4) is 0 Å². The van der Waals surface area contributed by atoms with Crippen molar-refractivity contribution in [3.05, 3.63) is 0 Å². The van der Waals surface area contributed by atoms with Crippen LogP contribution in [0.4, 0.5) is 0 Å². The molecule has 13 heteroatoms. The normalized spacial score (nSPS) is 12.5. The first kappa shape index (κ1) is 25.1. The van der Waals surface area contributed by atoms with E-state index in [2.05, 4.69) is 5.32 Å². The third kappa shape index (κ3) is 13.9. The third-order valence-corrected chi connectivity index (χ3v) is 5.84. The second-order valence-corrected chi connectivity index (χ2v) is 10.2. The minimum absolute atomic E-state index is 0.0235. The lowest BCUT2D eigenvalue weighted by Gasteiger charge is -2.25. The van der Waals surface area contributed by atoms with Crippen molar-refractivity contribution in [2.24, 2.45) is 0 Å². The molecule has 0 unspecified atom stereocenters. The lowest BCUT2D eigenvalue weighted by Crippen LogP contribution is -2.46. The van der Waals surface area contributed by atoms with Crippen LogP contribution in [-0.4, -0.2) is 90.1 Å². The molecule has 0 aliphatic carbocycles. The number of nitrogens with zero attached hydrogens (tertiary/aromatic N) is 1. The topological polar surface area (TPSA) is 178 Å². The van der Waals surface area contributed by atoms with Gasteiger partial charge in [-0.2, -0.15) is 0 Å². The smallest absolute Gasteiger partial charge is 0.320 e. The molecule has 11 nitrogen and oxygen atoms in total. The van der Waals surface area contributed by atoms with Crippen LogP contribution in [0.15, 0.2) is 0 Å². The minimum Gasteiger partial charge on any atom is -0.480 e. The third-order valence-electron chi connectivity index (χ3n) is 3.26. The van der Waals surface area contributed by atoms with Crippen LogP contribution < -0.4 is 5.32 Å². The SMILES string of the molecule is CS(=O)(=O)SCCC(=O)NCCCC[C@@H](C(=O)O)N(CC(=O)O)CC(=O)O. The van der Waals surface area contributed by atoms with Gasteiger partial charge in [-0.25, -0.2) is 8.42 Å². The lowest BCUT2D eigenvalue weighted by atomic mass is 10.1. The molecule has 0 saturated heterocycles. The summed E-state index contributed by atoms with van der Waals surface area (Å²) in [7, 11) is -2.53. The summed E-state index contributed by atoms with van der Waals surface area (Å²) >= 11 is 0. The van der Waals surface area contributed by atoms with Crippen LogP contribution in [0.3, 0.4) is 0 Å². The van der Waals surface area contributed by atoms with E-state index in [9.17, 15) is 32.7 Å². The number of unbranched alkanes of at least 4 members (excludes halogenated alkanes) is 1. The Morgan fingerprint density at radius 2 is 1.59 bits per heavy atom. The number of rotatable bonds is 15. The summed E-state index contributed by atoms with van der Waals surface area (Å²) in [6.07, 6.45) is 1.83. The Bertz CT molecular complexity index is 620. The predicted octanol–water partition coefficient (Wildman–Crippen LogP) is -0.720. The molecule has 0 aliphatic heterocycles. The van der Waals surface area contributed by atoms with Crippen molar-refractivity contribution in [1.29, 1.82) is 0 Å². The van der Waals surface area contributed by atoms with Crippen LogP contribution in [0.5, 0.6) is 0 Å². The average Bonchev–Trinajstić information content (AvgIpc) is 2.47. The Hall–Kier alpha value is -1.86. The average molecular weight is 428 g/mol. The molecule has 4 N–H and O–H groups in total. The van der Waals surface area contributed by atoms with Gasteiger partial charge in [0.1, 0.15) is 6.04 Å². The fourth-order valence-electron chi connectivity index (χ4n) is 2.15. The monoisotopic (exact) mass is 428 g/mol. The Balaban J connectivity index is 4.31. The molecule has 0 aromatic rings. The van der Waals surface area contributed by atoms with Gasteiger partial charge < -0.3 is 20.6 Å². The van der Waals surface area contributed by atoms with Gasteiger partial charge in [-0.1, -0.05) is 0 Å². The number of carboxylic acid groups (broad SMARTS) is 3. The maximum Gasteiger partial charge on any atom is 0.320 e. The van der Waals surface area contributed by atoms with E-state index in [-0.39, 0.29) is 31.0 Å². The molecule has 0 aliphatic rings. The summed E-state index contributed by atoms with van der Waals surface area (Å²) in [5.41, 5.74) is 0. The Labute approximate surface area is 160 Å². The van der Waals surface area contributed by atoms with Crippen molar-refractivity contribution in [2.75, 3.05) is 31.6 Å². The Kier molecular flexibility index (Phi) is 11.7. The fourth-order valence-corrected chi connectivity index (χ4v) is 3.88. The highest BCUT2D eigenvalue weighted by Crippen LogP contribution is 2.11. The second kappa shape index (κ2) is 12.5. The van der Waals surface area contributed by atoms with E-state index in [0.717, 1.165) is 11.2 Å². The predicted molar refractivity (Wildman–Crippen MR) is 97.0 cm³/mol. The molecular formula is C14H24N2O9S2. The van der Waals surface area contributed by atoms with Crippen molar-refractivity contribution in [3.63, 3.8) is 0 Å². The van der Waals surface area contributed by atoms with Crippen molar-refractivity contribution in [2.45, 2.75) is 31.7 Å². The van der Waals surface area contributed by atoms with Crippen molar-refractivity contribution in [1.82, 2.24) is 10.2 Å². The summed E-state index contributed by atoms with van der Waals surface area (Å²) in [5, 5.41) is 29.4. The van der Waals surface area contributed by atoms with Gasteiger partial charge in [-0.15, -0.1) is 0 Å². The van der Waals surface area contributed by atoms with Gasteiger partial charge in [-0.05, 0) is 30.1 Å². The molecule has 0 heterocycles. The largest absolute Gasteiger partial charge is 0.480 e. The molecule has 0 saturated carbocycles. The molecule has 1 amide bonds. The van der Waals surface area contributed by atoms with Gasteiger partial charge in [0.25, 0.3) is 0 Å². The number of aliphatic carboxylic acids is 3. The highest BCUT2D eigenvalue weighted by molar-refractivity contribution is 8.71. The number of amides is 1. The van der Waals surface area contributed by atoms with Crippen LogP contribution >= 0.6 is 10.8 Å². The molecule has 0 rings (SSSR count). The summed E-state index contributed by atoms with van der Waals surface area (Å²) < 4.78 is 21.9. The first-order chi connectivity index (χ1) is 12.4. The highest BCUT2D eigenvalue weighted by Gasteiger charge is 2.28. The number of carboxylic acids is 3. The molecular weight excluding hydrogens is 404 g/mol. The Morgan fingerprint density at radius 1 is 1.04 bits per heavy atom. The lowest BCUT2D eigenvalue weighted by molar-refractivity contribution is -0.149. The molecule has 0 aromatic carbocycles. The number of carbonyl (C=O) groups excluding carboxylic acids is 1. The van der Waals surface area contributed by atoms with Crippen LogP contribution in [0.25, 0.3) is 0 Å². The summed E-state index contributed by atoms with van der Waals surface area (Å²) in [6, 6.07) is -1.26. The maximum atomic E-state index is 11.5. The summed E-state index contributed by atoms with van der Waals surface area (Å²) in [6.45, 7) is -1.18. The van der Waals surface area contributed by atoms with Crippen LogP contribution in [0, 0.1) is 0 Å². The fraction of sp³-hybridized carbons (Fsp3) is 0.714. The Morgan fingerprint density at radius 3 is 2.04 bits per heavy atom. The first-order valence-corrected chi connectivity index (χ1v) is 11.3. The maximum absolute atomic E-state index is 11.5. The highest BCUT2D eigenvalue weighted by atomic mass is 33.1. The molecule has 0 bridgehead atoms. The van der Waals surface area contributed by atoms with Crippen LogP contribution in [-0.2, 0) is 28.0 Å². The first-order valence-electron chi connectivity index (χ1n) is 7.94. The van der Waals surface area contributed by atoms with E-state index >= 15 is 0 Å². The zero-order chi connectivity index (χ0) is 21.0. The second-order valence-electron chi connectivity index (χ2n) is 5.67. The number of carbonyl (C=O) groups is 4. The van der Waals surface area contributed by atoms with Crippen molar-refractivity contribution < 1.29 is 42.9 Å². The molecule has 0 fully saturated rings. The summed E-state index contributed by atoms with van der Waals surface area (Å²) in [5.74, 6) is -4.19. The quantitative estimate of drug-likeness (QED) is 0.191. The number of hydrogen-bond acceptors (Lipinski definition) is 8. The van der Waals surface area contributed by atoms with E-state index in [1.165, 1.54) is 0 Å². The molecule has 27 heavy (non-hydrogen) atoms. The standard InChI is InChI=1S/C14H24N2O9S2/c1-27(24,25)26-7-5-11(17)15-6-3-2-4-10(14(22)23)16(8-12(18)19)9-13(20)21/h10H,2-9H2,1H3,(H,15,17)(H,18,19)(H,20,21)(H,22,23)/t10-/m0/s1. The van der Waals surface area contributed by atoms with Crippen LogP contribution in [0.2, 0.25) is 0 Å². The molecule has 0 aromatic heterocycles. The number of hydrogen-bond donors (Lipinski definition) is 4. The van der Waals surface area contributed by atoms with E-state index in [1.54, 1.807) is 0 Å². The van der Waals surface area contributed by atoms with E-state index < -0.39 is 45.9 Å². The van der Waals surface area contributed by atoms with Gasteiger partial charge in [0.2, 0.25) is 5.91 Å². The molecule has 156 valence electrons. The van der Waals surface area contributed by atoms with E-state index in [4.69, 9.17) is 10.2 Å². The zero-order valence-corrected chi connectivity index (χ0v) is 16.4.